The average molecular weight is 444 g/mol. The Bertz CT molecular complexity index is 1300. The van der Waals surface area contributed by atoms with Crippen LogP contribution in [-0.4, -0.2) is 32.8 Å². The fourth-order valence-electron chi connectivity index (χ4n) is 3.71. The number of non-ortho nitro benzene ring substituents is 1. The Balaban J connectivity index is 1.91. The summed E-state index contributed by atoms with van der Waals surface area (Å²) in [4.78, 5) is 48.9. The average Bonchev–Trinajstić information content (AvgIpc) is 3.09. The first-order valence-electron chi connectivity index (χ1n) is 9.73. The summed E-state index contributed by atoms with van der Waals surface area (Å²) in [5.74, 6) is -3.39. The van der Waals surface area contributed by atoms with Crippen LogP contribution in [0.5, 0.6) is 0 Å². The molecule has 4 rings (SSSR count). The van der Waals surface area contributed by atoms with E-state index in [9.17, 15) is 29.6 Å². The second-order valence-corrected chi connectivity index (χ2v) is 7.24. The zero-order chi connectivity index (χ0) is 23.7. The summed E-state index contributed by atoms with van der Waals surface area (Å²) in [5.41, 5.74) is 0.555. The molecule has 0 unspecified atom stereocenters. The van der Waals surface area contributed by atoms with E-state index in [1.54, 1.807) is 30.3 Å². The number of aromatic carboxylic acids is 1. The lowest BCUT2D eigenvalue weighted by Gasteiger charge is -2.25. The minimum Gasteiger partial charge on any atom is -0.507 e. The number of carbonyl (C=O) groups is 3. The molecule has 1 aliphatic rings. The Kier molecular flexibility index (Phi) is 5.45. The maximum atomic E-state index is 13.0. The van der Waals surface area contributed by atoms with Crippen molar-refractivity contribution in [3.8, 4) is 0 Å². The molecule has 0 radical (unpaired) electrons. The molecular weight excluding hydrogens is 428 g/mol. The zero-order valence-corrected chi connectivity index (χ0v) is 16.9. The summed E-state index contributed by atoms with van der Waals surface area (Å²) in [5, 5.41) is 31.2. The lowest BCUT2D eigenvalue weighted by Crippen LogP contribution is -2.29. The summed E-state index contributed by atoms with van der Waals surface area (Å²) >= 11 is 0. The number of hydrogen-bond donors (Lipinski definition) is 2. The number of carboxylic acid groups (broad SMARTS) is 1. The van der Waals surface area contributed by atoms with Crippen molar-refractivity contribution in [3.05, 3.63) is 111 Å². The number of hydrogen-bond acceptors (Lipinski definition) is 6. The number of carbonyl (C=O) groups excluding carboxylic acids is 2. The third-order valence-electron chi connectivity index (χ3n) is 5.30. The predicted molar refractivity (Wildman–Crippen MR) is 118 cm³/mol. The third-order valence-corrected chi connectivity index (χ3v) is 5.30. The molecule has 2 N–H and O–H groups in total. The molecular formula is C24H16N2O7. The number of Topliss-reactive ketones (excluding diaryl/α,β-unsaturated/α-hetero) is 1. The first kappa shape index (κ1) is 21.4. The van der Waals surface area contributed by atoms with Crippen molar-refractivity contribution in [2.75, 3.05) is 4.90 Å². The molecule has 0 aromatic heterocycles. The normalized spacial score (nSPS) is 17.2. The minimum absolute atomic E-state index is 0.00786. The standard InChI is InChI=1S/C24H16N2O7/c27-21(15-4-2-1-3-5-15)19-20(14-6-12-18(13-7-14)26(32)33)25(23(29)22(19)28)17-10-8-16(9-11-17)24(30)31/h1-13,20,27H,(H,30,31)/t20-/m0/s1. The fourth-order valence-corrected chi connectivity index (χ4v) is 3.71. The zero-order valence-electron chi connectivity index (χ0n) is 16.9. The van der Waals surface area contributed by atoms with Crippen LogP contribution in [0.4, 0.5) is 11.4 Å². The minimum atomic E-state index is -1.15. The predicted octanol–water partition coefficient (Wildman–Crippen LogP) is 3.92. The van der Waals surface area contributed by atoms with E-state index in [-0.39, 0.29) is 28.3 Å². The van der Waals surface area contributed by atoms with Gasteiger partial charge in [0.1, 0.15) is 5.76 Å². The van der Waals surface area contributed by atoms with Gasteiger partial charge in [-0.1, -0.05) is 30.3 Å². The van der Waals surface area contributed by atoms with E-state index in [1.807, 2.05) is 0 Å². The highest BCUT2D eigenvalue weighted by molar-refractivity contribution is 6.51. The quantitative estimate of drug-likeness (QED) is 0.200. The number of nitrogens with zero attached hydrogens (tertiary/aromatic N) is 2. The van der Waals surface area contributed by atoms with Crippen LogP contribution in [0.3, 0.4) is 0 Å². The number of anilines is 1. The molecule has 164 valence electrons. The Morgan fingerprint density at radius 1 is 0.848 bits per heavy atom. The number of nitro benzene ring substituents is 1. The van der Waals surface area contributed by atoms with Crippen LogP contribution >= 0.6 is 0 Å². The van der Waals surface area contributed by atoms with Gasteiger partial charge in [-0.3, -0.25) is 24.6 Å². The molecule has 1 aliphatic heterocycles. The van der Waals surface area contributed by atoms with Crippen molar-refractivity contribution in [2.24, 2.45) is 0 Å². The summed E-state index contributed by atoms with van der Waals surface area (Å²) < 4.78 is 0. The molecule has 3 aromatic rings. The maximum absolute atomic E-state index is 13.0. The monoisotopic (exact) mass is 444 g/mol. The van der Waals surface area contributed by atoms with Crippen molar-refractivity contribution in [2.45, 2.75) is 6.04 Å². The van der Waals surface area contributed by atoms with Crippen LogP contribution in [0.25, 0.3) is 5.76 Å². The second-order valence-electron chi connectivity index (χ2n) is 7.24. The van der Waals surface area contributed by atoms with Crippen LogP contribution in [-0.2, 0) is 9.59 Å². The number of rotatable bonds is 5. The largest absolute Gasteiger partial charge is 0.507 e. The van der Waals surface area contributed by atoms with Gasteiger partial charge in [-0.15, -0.1) is 0 Å². The van der Waals surface area contributed by atoms with Gasteiger partial charge in [0.25, 0.3) is 17.4 Å². The Labute approximate surface area is 187 Å². The molecule has 0 bridgehead atoms. The maximum Gasteiger partial charge on any atom is 0.335 e. The van der Waals surface area contributed by atoms with E-state index in [0.29, 0.717) is 11.1 Å². The lowest BCUT2D eigenvalue weighted by molar-refractivity contribution is -0.384. The van der Waals surface area contributed by atoms with Crippen LogP contribution in [0.2, 0.25) is 0 Å². The van der Waals surface area contributed by atoms with Gasteiger partial charge in [-0.05, 0) is 42.0 Å². The smallest absolute Gasteiger partial charge is 0.335 e. The topological polar surface area (TPSA) is 138 Å². The van der Waals surface area contributed by atoms with Crippen LogP contribution < -0.4 is 4.90 Å². The third kappa shape index (κ3) is 3.83. The van der Waals surface area contributed by atoms with Crippen molar-refractivity contribution in [3.63, 3.8) is 0 Å². The second kappa shape index (κ2) is 8.39. The summed E-state index contributed by atoms with van der Waals surface area (Å²) in [7, 11) is 0. The van der Waals surface area contributed by atoms with Crippen molar-refractivity contribution in [1.29, 1.82) is 0 Å². The van der Waals surface area contributed by atoms with E-state index >= 15 is 0 Å². The van der Waals surface area contributed by atoms with Crippen LogP contribution in [0, 0.1) is 10.1 Å². The molecule has 3 aromatic carbocycles. The van der Waals surface area contributed by atoms with E-state index in [0.717, 1.165) is 4.90 Å². The molecule has 9 nitrogen and oxygen atoms in total. The summed E-state index contributed by atoms with van der Waals surface area (Å²) in [6.45, 7) is 0. The number of aliphatic hydroxyl groups is 1. The molecule has 9 heteroatoms. The first-order valence-corrected chi connectivity index (χ1v) is 9.73. The molecule has 1 saturated heterocycles. The molecule has 1 amide bonds. The van der Waals surface area contributed by atoms with E-state index < -0.39 is 28.6 Å². The Morgan fingerprint density at radius 2 is 1.45 bits per heavy atom. The van der Waals surface area contributed by atoms with E-state index in [1.165, 1.54) is 48.5 Å². The van der Waals surface area contributed by atoms with Crippen molar-refractivity contribution < 1.29 is 29.5 Å². The van der Waals surface area contributed by atoms with Gasteiger partial charge in [0.2, 0.25) is 0 Å². The van der Waals surface area contributed by atoms with Gasteiger partial charge >= 0.3 is 5.97 Å². The van der Waals surface area contributed by atoms with Crippen molar-refractivity contribution >= 4 is 34.8 Å². The Hall–Kier alpha value is -4.79. The highest BCUT2D eigenvalue weighted by Crippen LogP contribution is 2.42. The highest BCUT2D eigenvalue weighted by atomic mass is 16.6. The number of carboxylic acids is 1. The van der Waals surface area contributed by atoms with Crippen molar-refractivity contribution in [1.82, 2.24) is 0 Å². The molecule has 0 aliphatic carbocycles. The van der Waals surface area contributed by atoms with E-state index in [4.69, 9.17) is 5.11 Å². The molecule has 1 fully saturated rings. The highest BCUT2D eigenvalue weighted by Gasteiger charge is 2.47. The summed E-state index contributed by atoms with van der Waals surface area (Å²) in [6.07, 6.45) is 0. The number of benzene rings is 3. The molecule has 33 heavy (non-hydrogen) atoms. The van der Waals surface area contributed by atoms with Gasteiger partial charge in [0.15, 0.2) is 0 Å². The Morgan fingerprint density at radius 3 is 2.00 bits per heavy atom. The molecule has 1 heterocycles. The van der Waals surface area contributed by atoms with Gasteiger partial charge in [-0.2, -0.15) is 0 Å². The fraction of sp³-hybridized carbons (Fsp3) is 0.0417. The number of amides is 1. The summed E-state index contributed by atoms with van der Waals surface area (Å²) in [6, 6.07) is 17.8. The van der Waals surface area contributed by atoms with Gasteiger partial charge in [0.05, 0.1) is 22.1 Å². The molecule has 0 spiro atoms. The number of nitro groups is 1. The van der Waals surface area contributed by atoms with Crippen LogP contribution in [0.1, 0.15) is 27.5 Å². The number of ketones is 1. The van der Waals surface area contributed by atoms with Gasteiger partial charge in [-0.25, -0.2) is 4.79 Å². The lowest BCUT2D eigenvalue weighted by atomic mass is 9.95. The van der Waals surface area contributed by atoms with Gasteiger partial charge in [0, 0.05) is 23.4 Å². The first-order chi connectivity index (χ1) is 15.8. The van der Waals surface area contributed by atoms with E-state index in [2.05, 4.69) is 0 Å². The molecule has 1 atom stereocenters. The number of aliphatic hydroxyl groups excluding tert-OH is 1. The van der Waals surface area contributed by atoms with Gasteiger partial charge < -0.3 is 10.2 Å². The SMILES string of the molecule is O=C1C(=O)N(c2ccc(C(=O)O)cc2)[C@@H](c2ccc([N+](=O)[O-])cc2)C1=C(O)c1ccccc1. The molecule has 0 saturated carbocycles. The van der Waals surface area contributed by atoms with Crippen LogP contribution in [0.15, 0.2) is 84.4 Å².